The van der Waals surface area contributed by atoms with Crippen molar-refractivity contribution in [1.29, 1.82) is 0 Å². The molecule has 132 valence electrons. The first-order chi connectivity index (χ1) is 12.1. The Labute approximate surface area is 150 Å². The molecule has 7 nitrogen and oxygen atoms in total. The van der Waals surface area contributed by atoms with Crippen molar-refractivity contribution in [3.05, 3.63) is 35.5 Å². The second-order valence-corrected chi connectivity index (χ2v) is 9.20. The lowest BCUT2D eigenvalue weighted by Crippen LogP contribution is -2.35. The average molecular weight is 377 g/mol. The van der Waals surface area contributed by atoms with Gasteiger partial charge in [-0.2, -0.15) is 9.61 Å². The Bertz CT molecular complexity index is 960. The first-order valence-electron chi connectivity index (χ1n) is 8.37. The van der Waals surface area contributed by atoms with Crippen LogP contribution in [0, 0.1) is 0 Å². The number of aromatic nitrogens is 4. The molecule has 0 unspecified atom stereocenters. The molecule has 1 saturated carbocycles. The molecule has 4 rings (SSSR count). The van der Waals surface area contributed by atoms with Gasteiger partial charge in [0.05, 0.1) is 16.7 Å². The number of nitrogens with one attached hydrogen (secondary N) is 1. The van der Waals surface area contributed by atoms with E-state index >= 15 is 0 Å². The number of hydrogen-bond donors (Lipinski definition) is 1. The maximum absolute atomic E-state index is 12.5. The van der Waals surface area contributed by atoms with Crippen LogP contribution in [0.4, 0.5) is 0 Å². The minimum atomic E-state index is -3.34. The zero-order valence-corrected chi connectivity index (χ0v) is 15.3. The van der Waals surface area contributed by atoms with Crippen LogP contribution in [0.3, 0.4) is 0 Å². The fraction of sp³-hybridized carbons (Fsp3) is 0.438. The molecule has 0 atom stereocenters. The maximum Gasteiger partial charge on any atom is 0.214 e. The van der Waals surface area contributed by atoms with E-state index < -0.39 is 10.0 Å². The Morgan fingerprint density at radius 2 is 2.00 bits per heavy atom. The van der Waals surface area contributed by atoms with Gasteiger partial charge in [0, 0.05) is 0 Å². The van der Waals surface area contributed by atoms with Crippen molar-refractivity contribution < 1.29 is 8.42 Å². The normalized spacial score (nSPS) is 16.5. The molecule has 25 heavy (non-hydrogen) atoms. The lowest BCUT2D eigenvalue weighted by molar-refractivity contribution is 0.476. The lowest BCUT2D eigenvalue weighted by atomic mass is 10.0. The largest absolute Gasteiger partial charge is 0.214 e. The monoisotopic (exact) mass is 377 g/mol. The van der Waals surface area contributed by atoms with Crippen molar-refractivity contribution in [2.24, 2.45) is 0 Å². The van der Waals surface area contributed by atoms with Crippen molar-refractivity contribution in [3.8, 4) is 10.6 Å². The van der Waals surface area contributed by atoms with Gasteiger partial charge in [-0.1, -0.05) is 25.3 Å². The number of fused-ring (bicyclic) bond motifs is 1. The van der Waals surface area contributed by atoms with Gasteiger partial charge in [-0.25, -0.2) is 13.1 Å². The zero-order valence-electron chi connectivity index (χ0n) is 13.6. The summed E-state index contributed by atoms with van der Waals surface area (Å²) in [4.78, 5) is 1.05. The predicted molar refractivity (Wildman–Crippen MR) is 96.7 cm³/mol. The average Bonchev–Trinajstić information content (AvgIpc) is 3.30. The van der Waals surface area contributed by atoms with Crippen molar-refractivity contribution >= 4 is 27.0 Å². The second-order valence-electron chi connectivity index (χ2n) is 6.21. The maximum atomic E-state index is 12.5. The Morgan fingerprint density at radius 1 is 1.16 bits per heavy atom. The van der Waals surface area contributed by atoms with Crippen LogP contribution in [-0.2, 0) is 16.6 Å². The number of thiophene rings is 1. The van der Waals surface area contributed by atoms with Gasteiger partial charge in [-0.05, 0) is 36.4 Å². The molecule has 3 aromatic heterocycles. The smallest absolute Gasteiger partial charge is 0.212 e. The molecule has 3 aromatic rings. The fourth-order valence-electron chi connectivity index (χ4n) is 3.16. The van der Waals surface area contributed by atoms with Crippen LogP contribution in [0.15, 0.2) is 29.6 Å². The van der Waals surface area contributed by atoms with E-state index in [-0.39, 0.29) is 11.8 Å². The third-order valence-electron chi connectivity index (χ3n) is 4.52. The summed E-state index contributed by atoms with van der Waals surface area (Å²) >= 11 is 1.60. The first kappa shape index (κ1) is 16.6. The first-order valence-corrected chi connectivity index (χ1v) is 10.8. The molecule has 0 aliphatic heterocycles. The van der Waals surface area contributed by atoms with Crippen LogP contribution in [-0.4, -0.2) is 33.5 Å². The van der Waals surface area contributed by atoms with Gasteiger partial charge >= 0.3 is 0 Å². The van der Waals surface area contributed by atoms with E-state index in [1.165, 1.54) is 0 Å². The van der Waals surface area contributed by atoms with Gasteiger partial charge in [-0.15, -0.1) is 21.5 Å². The van der Waals surface area contributed by atoms with Crippen LogP contribution < -0.4 is 4.72 Å². The summed E-state index contributed by atoms with van der Waals surface area (Å²) in [7, 11) is -3.34. The molecule has 0 amide bonds. The van der Waals surface area contributed by atoms with Crippen LogP contribution in [0.1, 0.15) is 37.9 Å². The molecule has 1 aliphatic carbocycles. The van der Waals surface area contributed by atoms with E-state index in [4.69, 9.17) is 0 Å². The predicted octanol–water partition coefficient (Wildman–Crippen LogP) is 2.60. The number of sulfonamides is 1. The molecule has 9 heteroatoms. The highest BCUT2D eigenvalue weighted by Gasteiger charge is 2.27. The SMILES string of the molecule is O=S(=O)(NCc1nnc2ccc(-c3cccs3)nn12)C1CCCCC1. The van der Waals surface area contributed by atoms with E-state index in [0.717, 1.165) is 42.7 Å². The van der Waals surface area contributed by atoms with Gasteiger partial charge in [0.1, 0.15) is 5.69 Å². The highest BCUT2D eigenvalue weighted by atomic mass is 32.2. The Kier molecular flexibility index (Phi) is 4.53. The number of nitrogens with zero attached hydrogens (tertiary/aromatic N) is 4. The second kappa shape index (κ2) is 6.81. The van der Waals surface area contributed by atoms with Crippen LogP contribution in [0.2, 0.25) is 0 Å². The highest BCUT2D eigenvalue weighted by Crippen LogP contribution is 2.24. The van der Waals surface area contributed by atoms with Crippen LogP contribution in [0.25, 0.3) is 16.2 Å². The van der Waals surface area contributed by atoms with Crippen LogP contribution in [0.5, 0.6) is 0 Å². The molecule has 0 bridgehead atoms. The highest BCUT2D eigenvalue weighted by molar-refractivity contribution is 7.90. The van der Waals surface area contributed by atoms with E-state index in [9.17, 15) is 8.42 Å². The number of hydrogen-bond acceptors (Lipinski definition) is 6. The summed E-state index contributed by atoms with van der Waals surface area (Å²) in [5, 5.41) is 14.4. The molecule has 0 aromatic carbocycles. The van der Waals surface area contributed by atoms with Crippen molar-refractivity contribution in [3.63, 3.8) is 0 Å². The molecular formula is C16H19N5O2S2. The Balaban J connectivity index is 1.56. The van der Waals surface area contributed by atoms with Gasteiger partial charge in [0.25, 0.3) is 0 Å². The Hall–Kier alpha value is -1.84. The molecule has 3 heterocycles. The summed E-state index contributed by atoms with van der Waals surface area (Å²) < 4.78 is 29.3. The summed E-state index contributed by atoms with van der Waals surface area (Å²) in [6.45, 7) is 0.0981. The summed E-state index contributed by atoms with van der Waals surface area (Å²) in [6, 6.07) is 7.70. The van der Waals surface area contributed by atoms with Gasteiger partial charge in [0.2, 0.25) is 10.0 Å². The molecule has 0 saturated heterocycles. The van der Waals surface area contributed by atoms with Crippen molar-refractivity contribution in [2.75, 3.05) is 0 Å². The van der Waals surface area contributed by atoms with Gasteiger partial charge in [-0.3, -0.25) is 0 Å². The fourth-order valence-corrected chi connectivity index (χ4v) is 5.37. The third-order valence-corrected chi connectivity index (χ3v) is 7.31. The Morgan fingerprint density at radius 3 is 2.76 bits per heavy atom. The molecule has 0 spiro atoms. The summed E-state index contributed by atoms with van der Waals surface area (Å²) in [5.74, 6) is 0.493. The molecule has 1 aliphatic rings. The third kappa shape index (κ3) is 3.44. The lowest BCUT2D eigenvalue weighted by Gasteiger charge is -2.21. The topological polar surface area (TPSA) is 89.2 Å². The zero-order chi connectivity index (χ0) is 17.3. The summed E-state index contributed by atoms with van der Waals surface area (Å²) in [5.41, 5.74) is 1.42. The van der Waals surface area contributed by atoms with Gasteiger partial charge in [0.15, 0.2) is 11.5 Å². The molecular weight excluding hydrogens is 358 g/mol. The van der Waals surface area contributed by atoms with E-state index in [2.05, 4.69) is 20.0 Å². The van der Waals surface area contributed by atoms with E-state index in [1.54, 1.807) is 15.9 Å². The molecule has 0 radical (unpaired) electrons. The van der Waals surface area contributed by atoms with Crippen molar-refractivity contribution in [2.45, 2.75) is 43.9 Å². The standard InChI is InChI=1S/C16H19N5O2S2/c22-25(23,12-5-2-1-3-6-12)17-11-16-19-18-15-9-8-13(20-21(15)16)14-7-4-10-24-14/h4,7-10,12,17H,1-3,5-6,11H2. The summed E-state index contributed by atoms with van der Waals surface area (Å²) in [6.07, 6.45) is 4.54. The van der Waals surface area contributed by atoms with Crippen LogP contribution >= 0.6 is 11.3 Å². The van der Waals surface area contributed by atoms with Gasteiger partial charge < -0.3 is 0 Å². The molecule has 1 fully saturated rings. The minimum Gasteiger partial charge on any atom is -0.212 e. The quantitative estimate of drug-likeness (QED) is 0.738. The number of rotatable bonds is 5. The van der Waals surface area contributed by atoms with E-state index in [1.807, 2.05) is 29.6 Å². The van der Waals surface area contributed by atoms with E-state index in [0.29, 0.717) is 11.5 Å². The minimum absolute atomic E-state index is 0.0981. The molecule has 1 N–H and O–H groups in total. The van der Waals surface area contributed by atoms with Crippen molar-refractivity contribution in [1.82, 2.24) is 24.5 Å².